The highest BCUT2D eigenvalue weighted by Crippen LogP contribution is 2.32. The van der Waals surface area contributed by atoms with Crippen molar-refractivity contribution in [3.63, 3.8) is 0 Å². The van der Waals surface area contributed by atoms with E-state index < -0.39 is 0 Å². The van der Waals surface area contributed by atoms with E-state index in [1.54, 1.807) is 0 Å². The molecule has 0 aliphatic carbocycles. The van der Waals surface area contributed by atoms with Gasteiger partial charge in [0.25, 0.3) is 0 Å². The van der Waals surface area contributed by atoms with Gasteiger partial charge in [0, 0.05) is 12.1 Å². The van der Waals surface area contributed by atoms with Gasteiger partial charge in [0.1, 0.15) is 0 Å². The molecule has 0 N–H and O–H groups in total. The van der Waals surface area contributed by atoms with E-state index in [0.717, 1.165) is 5.92 Å². The molecule has 1 saturated heterocycles. The lowest BCUT2D eigenvalue weighted by Gasteiger charge is -2.26. The molecule has 1 fully saturated rings. The van der Waals surface area contributed by atoms with Gasteiger partial charge in [0.15, 0.2) is 0 Å². The summed E-state index contributed by atoms with van der Waals surface area (Å²) in [7, 11) is 2.23. The van der Waals surface area contributed by atoms with Crippen molar-refractivity contribution >= 4 is 0 Å². The third kappa shape index (κ3) is 1.34. The molecule has 60 valence electrons. The van der Waals surface area contributed by atoms with Gasteiger partial charge >= 0.3 is 0 Å². The number of likely N-dealkylation sites (tertiary alicyclic amines) is 1. The molecule has 0 spiro atoms. The second kappa shape index (κ2) is 2.54. The van der Waals surface area contributed by atoms with Crippen LogP contribution < -0.4 is 0 Å². The topological polar surface area (TPSA) is 3.24 Å². The van der Waals surface area contributed by atoms with Crippen molar-refractivity contribution in [1.82, 2.24) is 4.90 Å². The standard InChI is InChI=1S/C9H19N/c1-5-8-6-9(2,3)10(4)7-8/h8H,5-7H2,1-4H3. The van der Waals surface area contributed by atoms with Gasteiger partial charge in [-0.05, 0) is 33.2 Å². The molecule has 0 amide bonds. The van der Waals surface area contributed by atoms with E-state index in [1.807, 2.05) is 0 Å². The van der Waals surface area contributed by atoms with Crippen LogP contribution in [0.5, 0.6) is 0 Å². The Balaban J connectivity index is 2.53. The van der Waals surface area contributed by atoms with Gasteiger partial charge in [0.05, 0.1) is 0 Å². The van der Waals surface area contributed by atoms with Gasteiger partial charge in [-0.1, -0.05) is 13.3 Å². The van der Waals surface area contributed by atoms with Crippen LogP contribution in [0, 0.1) is 5.92 Å². The molecule has 1 rings (SSSR count). The van der Waals surface area contributed by atoms with Crippen molar-refractivity contribution < 1.29 is 0 Å². The molecule has 1 heterocycles. The summed E-state index contributed by atoms with van der Waals surface area (Å²) in [6.45, 7) is 8.26. The van der Waals surface area contributed by atoms with Crippen LogP contribution in [0.4, 0.5) is 0 Å². The first-order chi connectivity index (χ1) is 4.56. The fourth-order valence-corrected chi connectivity index (χ4v) is 1.83. The minimum Gasteiger partial charge on any atom is -0.301 e. The van der Waals surface area contributed by atoms with E-state index in [4.69, 9.17) is 0 Å². The Morgan fingerprint density at radius 3 is 2.30 bits per heavy atom. The first-order valence-electron chi connectivity index (χ1n) is 4.27. The minimum absolute atomic E-state index is 0.459. The summed E-state index contributed by atoms with van der Waals surface area (Å²) >= 11 is 0. The fourth-order valence-electron chi connectivity index (χ4n) is 1.83. The van der Waals surface area contributed by atoms with Gasteiger partial charge < -0.3 is 4.90 Å². The van der Waals surface area contributed by atoms with Crippen LogP contribution in [0.15, 0.2) is 0 Å². The van der Waals surface area contributed by atoms with Crippen LogP contribution in [-0.4, -0.2) is 24.0 Å². The summed E-state index contributed by atoms with van der Waals surface area (Å²) < 4.78 is 0. The predicted molar refractivity (Wildman–Crippen MR) is 45.1 cm³/mol. The molecule has 0 aromatic rings. The van der Waals surface area contributed by atoms with Crippen LogP contribution in [-0.2, 0) is 0 Å². The summed E-state index contributed by atoms with van der Waals surface area (Å²) in [5.41, 5.74) is 0.459. The number of nitrogens with zero attached hydrogens (tertiary/aromatic N) is 1. The Labute approximate surface area is 64.4 Å². The van der Waals surface area contributed by atoms with E-state index in [9.17, 15) is 0 Å². The summed E-state index contributed by atoms with van der Waals surface area (Å²) in [6, 6.07) is 0. The van der Waals surface area contributed by atoms with Gasteiger partial charge in [-0.15, -0.1) is 0 Å². The molecule has 0 bridgehead atoms. The zero-order chi connectivity index (χ0) is 7.78. The van der Waals surface area contributed by atoms with Crippen LogP contribution in [0.3, 0.4) is 0 Å². The smallest absolute Gasteiger partial charge is 0.0153 e. The first kappa shape index (κ1) is 8.06. The van der Waals surface area contributed by atoms with Crippen LogP contribution in [0.2, 0.25) is 0 Å². The SMILES string of the molecule is CCC1CN(C)C(C)(C)C1. The zero-order valence-electron chi connectivity index (χ0n) is 7.65. The van der Waals surface area contributed by atoms with Gasteiger partial charge in [-0.25, -0.2) is 0 Å². The van der Waals surface area contributed by atoms with Crippen molar-refractivity contribution in [3.05, 3.63) is 0 Å². The monoisotopic (exact) mass is 141 g/mol. The summed E-state index contributed by atoms with van der Waals surface area (Å²) in [6.07, 6.45) is 2.72. The van der Waals surface area contributed by atoms with Crippen molar-refractivity contribution in [2.45, 2.75) is 39.2 Å². The van der Waals surface area contributed by atoms with E-state index in [0.29, 0.717) is 5.54 Å². The highest BCUT2D eigenvalue weighted by molar-refractivity contribution is 4.89. The Morgan fingerprint density at radius 2 is 2.10 bits per heavy atom. The molecular weight excluding hydrogens is 122 g/mol. The average molecular weight is 141 g/mol. The molecular formula is C9H19N. The van der Waals surface area contributed by atoms with Crippen LogP contribution in [0.25, 0.3) is 0 Å². The maximum Gasteiger partial charge on any atom is 0.0153 e. The van der Waals surface area contributed by atoms with E-state index >= 15 is 0 Å². The Bertz CT molecular complexity index is 118. The molecule has 1 unspecified atom stereocenters. The average Bonchev–Trinajstić information content (AvgIpc) is 2.08. The maximum absolute atomic E-state index is 2.47. The molecule has 1 aliphatic rings. The summed E-state index contributed by atoms with van der Waals surface area (Å²) in [5, 5.41) is 0. The third-order valence-corrected chi connectivity index (χ3v) is 2.93. The lowest BCUT2D eigenvalue weighted by molar-refractivity contribution is 0.218. The van der Waals surface area contributed by atoms with E-state index in [-0.39, 0.29) is 0 Å². The molecule has 10 heavy (non-hydrogen) atoms. The Hall–Kier alpha value is -0.0400. The second-order valence-corrected chi connectivity index (χ2v) is 4.17. The largest absolute Gasteiger partial charge is 0.301 e. The van der Waals surface area contributed by atoms with E-state index in [1.165, 1.54) is 19.4 Å². The first-order valence-corrected chi connectivity index (χ1v) is 4.27. The van der Waals surface area contributed by atoms with Gasteiger partial charge in [-0.2, -0.15) is 0 Å². The molecule has 0 radical (unpaired) electrons. The quantitative estimate of drug-likeness (QED) is 0.540. The molecule has 0 aromatic heterocycles. The lowest BCUT2D eigenvalue weighted by atomic mass is 9.95. The molecule has 1 nitrogen and oxygen atoms in total. The number of rotatable bonds is 1. The second-order valence-electron chi connectivity index (χ2n) is 4.17. The minimum atomic E-state index is 0.459. The fraction of sp³-hybridized carbons (Fsp3) is 1.00. The Morgan fingerprint density at radius 1 is 1.50 bits per heavy atom. The lowest BCUT2D eigenvalue weighted by Crippen LogP contribution is -2.34. The highest BCUT2D eigenvalue weighted by atomic mass is 15.2. The molecule has 1 aliphatic heterocycles. The normalized spacial score (nSPS) is 33.0. The zero-order valence-corrected chi connectivity index (χ0v) is 7.65. The molecule has 0 aromatic carbocycles. The Kier molecular flexibility index (Phi) is 2.04. The van der Waals surface area contributed by atoms with Crippen molar-refractivity contribution in [1.29, 1.82) is 0 Å². The maximum atomic E-state index is 2.47. The van der Waals surface area contributed by atoms with Crippen molar-refractivity contribution in [3.8, 4) is 0 Å². The summed E-state index contributed by atoms with van der Waals surface area (Å²) in [4.78, 5) is 2.47. The van der Waals surface area contributed by atoms with Crippen molar-refractivity contribution in [2.24, 2.45) is 5.92 Å². The highest BCUT2D eigenvalue weighted by Gasteiger charge is 2.34. The number of hydrogen-bond donors (Lipinski definition) is 0. The predicted octanol–water partition coefficient (Wildman–Crippen LogP) is 2.13. The van der Waals surface area contributed by atoms with E-state index in [2.05, 4.69) is 32.7 Å². The van der Waals surface area contributed by atoms with Crippen LogP contribution >= 0.6 is 0 Å². The third-order valence-electron chi connectivity index (χ3n) is 2.93. The van der Waals surface area contributed by atoms with Crippen molar-refractivity contribution in [2.75, 3.05) is 13.6 Å². The van der Waals surface area contributed by atoms with Crippen LogP contribution in [0.1, 0.15) is 33.6 Å². The molecule has 0 saturated carbocycles. The molecule has 1 heteroatoms. The number of hydrogen-bond acceptors (Lipinski definition) is 1. The van der Waals surface area contributed by atoms with Gasteiger partial charge in [0.2, 0.25) is 0 Å². The summed E-state index contributed by atoms with van der Waals surface area (Å²) in [5.74, 6) is 0.944. The van der Waals surface area contributed by atoms with Gasteiger partial charge in [-0.3, -0.25) is 0 Å². The molecule has 1 atom stereocenters.